The van der Waals surface area contributed by atoms with Gasteiger partial charge in [0.2, 0.25) is 17.7 Å². The second kappa shape index (κ2) is 9.99. The van der Waals surface area contributed by atoms with E-state index in [2.05, 4.69) is 24.3 Å². The standard InChI is InChI=1S/C38H32N2O5/c1-20-14-21(2)16-24(15-20)39-19-23(18-31(39)41)38(44)45-25-12-13-30(22(3)17-25)40-36(42)34-32-26-8-4-5-9-27(26)33(35(34)37(40)43)29-11-7-6-10-28(29)32/h4-17,23,32-35H,18-19H2,1-3H3/t23-,32?,33?,34+,35+/m1/s1. The molecule has 3 atom stereocenters. The summed E-state index contributed by atoms with van der Waals surface area (Å²) in [6.45, 7) is 6.03. The van der Waals surface area contributed by atoms with Crippen LogP contribution in [0.15, 0.2) is 84.9 Å². The minimum absolute atomic E-state index is 0.0789. The molecule has 4 aromatic carbocycles. The zero-order valence-electron chi connectivity index (χ0n) is 25.3. The van der Waals surface area contributed by atoms with Crippen molar-refractivity contribution in [1.29, 1.82) is 0 Å². The van der Waals surface area contributed by atoms with Gasteiger partial charge in [0.25, 0.3) is 0 Å². The molecular weight excluding hydrogens is 564 g/mol. The third kappa shape index (κ3) is 4.10. The highest BCUT2D eigenvalue weighted by atomic mass is 16.5. The van der Waals surface area contributed by atoms with Gasteiger partial charge in [-0.05, 0) is 90.0 Å². The van der Waals surface area contributed by atoms with E-state index in [-0.39, 0.29) is 42.5 Å². The molecule has 45 heavy (non-hydrogen) atoms. The summed E-state index contributed by atoms with van der Waals surface area (Å²) in [6, 6.07) is 27.3. The Morgan fingerprint density at radius 3 is 1.76 bits per heavy atom. The number of carbonyl (C=O) groups is 4. The zero-order chi connectivity index (χ0) is 31.1. The minimum Gasteiger partial charge on any atom is -0.426 e. The van der Waals surface area contributed by atoms with Gasteiger partial charge >= 0.3 is 5.97 Å². The largest absolute Gasteiger partial charge is 0.426 e. The fraction of sp³-hybridized carbons (Fsp3) is 0.263. The number of hydrogen-bond acceptors (Lipinski definition) is 5. The number of nitrogens with zero attached hydrogens (tertiary/aromatic N) is 2. The normalized spacial score (nSPS) is 24.5. The summed E-state index contributed by atoms with van der Waals surface area (Å²) in [4.78, 5) is 57.3. The first-order valence-electron chi connectivity index (χ1n) is 15.5. The van der Waals surface area contributed by atoms with E-state index < -0.39 is 23.7 Å². The molecule has 0 unspecified atom stereocenters. The Morgan fingerprint density at radius 1 is 0.711 bits per heavy atom. The number of aryl methyl sites for hydroxylation is 3. The van der Waals surface area contributed by atoms with Crippen LogP contribution in [0.3, 0.4) is 0 Å². The maximum absolute atomic E-state index is 14.2. The second-order valence-electron chi connectivity index (χ2n) is 12.9. The molecule has 0 saturated carbocycles. The summed E-state index contributed by atoms with van der Waals surface area (Å²) in [7, 11) is 0. The van der Waals surface area contributed by atoms with Crippen LogP contribution in [0.5, 0.6) is 5.75 Å². The minimum atomic E-state index is -0.595. The van der Waals surface area contributed by atoms with Gasteiger partial charge in [-0.25, -0.2) is 4.90 Å². The third-order valence-corrected chi connectivity index (χ3v) is 10.1. The highest BCUT2D eigenvalue weighted by molar-refractivity contribution is 6.23. The van der Waals surface area contributed by atoms with Gasteiger partial charge in [-0.15, -0.1) is 0 Å². The first-order valence-corrected chi connectivity index (χ1v) is 15.5. The van der Waals surface area contributed by atoms with Crippen molar-refractivity contribution in [2.75, 3.05) is 16.3 Å². The molecule has 2 fully saturated rings. The number of benzene rings is 4. The number of esters is 1. The zero-order valence-corrected chi connectivity index (χ0v) is 25.3. The predicted molar refractivity (Wildman–Crippen MR) is 169 cm³/mol. The molecule has 0 radical (unpaired) electrons. The number of carbonyl (C=O) groups excluding carboxylic acids is 4. The maximum Gasteiger partial charge on any atom is 0.316 e. The molecule has 4 aromatic rings. The van der Waals surface area contributed by atoms with Crippen LogP contribution >= 0.6 is 0 Å². The van der Waals surface area contributed by atoms with Gasteiger partial charge in [0, 0.05) is 30.5 Å². The van der Waals surface area contributed by atoms with Crippen LogP contribution in [0.2, 0.25) is 0 Å². The topological polar surface area (TPSA) is 84.0 Å². The molecule has 3 aliphatic carbocycles. The van der Waals surface area contributed by atoms with E-state index >= 15 is 0 Å². The summed E-state index contributed by atoms with van der Waals surface area (Å²) in [5.74, 6) is -2.53. The van der Waals surface area contributed by atoms with Gasteiger partial charge in [0.1, 0.15) is 5.75 Å². The van der Waals surface area contributed by atoms with Crippen molar-refractivity contribution in [2.24, 2.45) is 17.8 Å². The number of hydrogen-bond donors (Lipinski definition) is 0. The van der Waals surface area contributed by atoms with Crippen molar-refractivity contribution in [2.45, 2.75) is 39.0 Å². The molecule has 0 spiro atoms. The van der Waals surface area contributed by atoms with Gasteiger partial charge in [-0.2, -0.15) is 0 Å². The molecule has 2 heterocycles. The Balaban J connectivity index is 1.04. The van der Waals surface area contributed by atoms with Crippen molar-refractivity contribution < 1.29 is 23.9 Å². The average Bonchev–Trinajstić information content (AvgIpc) is 3.54. The van der Waals surface area contributed by atoms with Crippen LogP contribution in [0.1, 0.15) is 57.2 Å². The van der Waals surface area contributed by atoms with Gasteiger partial charge < -0.3 is 9.64 Å². The molecule has 7 nitrogen and oxygen atoms in total. The highest BCUT2D eigenvalue weighted by Gasteiger charge is 2.61. The highest BCUT2D eigenvalue weighted by Crippen LogP contribution is 2.61. The lowest BCUT2D eigenvalue weighted by molar-refractivity contribution is -0.139. The van der Waals surface area contributed by atoms with E-state index in [1.165, 1.54) is 4.90 Å². The van der Waals surface area contributed by atoms with E-state index in [0.29, 0.717) is 17.0 Å². The summed E-state index contributed by atoms with van der Waals surface area (Å²) >= 11 is 0. The number of rotatable bonds is 4. The van der Waals surface area contributed by atoms with Crippen LogP contribution in [0.25, 0.3) is 0 Å². The molecule has 9 rings (SSSR count). The van der Waals surface area contributed by atoms with Crippen molar-refractivity contribution in [1.82, 2.24) is 0 Å². The molecule has 7 heteroatoms. The van der Waals surface area contributed by atoms with Gasteiger partial charge in [-0.3, -0.25) is 19.2 Å². The fourth-order valence-electron chi connectivity index (χ4n) is 8.28. The summed E-state index contributed by atoms with van der Waals surface area (Å²) in [5.41, 5.74) is 8.57. The molecule has 2 aliphatic heterocycles. The second-order valence-corrected chi connectivity index (χ2v) is 12.9. The van der Waals surface area contributed by atoms with E-state index in [0.717, 1.165) is 39.1 Å². The monoisotopic (exact) mass is 596 g/mol. The van der Waals surface area contributed by atoms with Gasteiger partial charge in [0.15, 0.2) is 0 Å². The SMILES string of the molecule is Cc1cc(C)cc(N2C[C@H](C(=O)Oc3ccc(N4C(=O)[C@H]5C6c7ccccc7C(c7ccccc76)[C@@H]5C4=O)c(C)c3)CC2=O)c1. The molecule has 3 amide bonds. The van der Waals surface area contributed by atoms with Crippen LogP contribution in [0, 0.1) is 38.5 Å². The van der Waals surface area contributed by atoms with Gasteiger partial charge in [-0.1, -0.05) is 54.6 Å². The fourth-order valence-corrected chi connectivity index (χ4v) is 8.28. The van der Waals surface area contributed by atoms with Crippen LogP contribution in [-0.4, -0.2) is 30.2 Å². The first-order chi connectivity index (χ1) is 21.7. The lowest BCUT2D eigenvalue weighted by atomic mass is 9.55. The van der Waals surface area contributed by atoms with E-state index in [1.54, 1.807) is 23.1 Å². The Morgan fingerprint density at radius 2 is 1.24 bits per heavy atom. The third-order valence-electron chi connectivity index (χ3n) is 10.1. The smallest absolute Gasteiger partial charge is 0.316 e. The summed E-state index contributed by atoms with van der Waals surface area (Å²) < 4.78 is 5.75. The Labute approximate surface area is 261 Å². The average molecular weight is 597 g/mol. The summed E-state index contributed by atoms with van der Waals surface area (Å²) in [6.07, 6.45) is 0.0789. The van der Waals surface area contributed by atoms with Crippen LogP contribution < -0.4 is 14.5 Å². The Kier molecular flexibility index (Phi) is 6.11. The molecule has 2 saturated heterocycles. The molecular formula is C38H32N2O5. The number of amides is 3. The number of ether oxygens (including phenoxy) is 1. The number of anilines is 2. The van der Waals surface area contributed by atoms with Crippen molar-refractivity contribution in [3.8, 4) is 5.75 Å². The van der Waals surface area contributed by atoms with E-state index in [9.17, 15) is 19.2 Å². The van der Waals surface area contributed by atoms with Crippen molar-refractivity contribution in [3.63, 3.8) is 0 Å². The summed E-state index contributed by atoms with van der Waals surface area (Å²) in [5, 5.41) is 0. The van der Waals surface area contributed by atoms with Crippen LogP contribution in [0.4, 0.5) is 11.4 Å². The quantitative estimate of drug-likeness (QED) is 0.165. The molecule has 5 aliphatic rings. The first kappa shape index (κ1) is 27.5. The Hall–Kier alpha value is -5.04. The lowest BCUT2D eigenvalue weighted by Gasteiger charge is -2.45. The molecule has 0 N–H and O–H groups in total. The van der Waals surface area contributed by atoms with Crippen LogP contribution in [-0.2, 0) is 19.2 Å². The molecule has 224 valence electrons. The number of imide groups is 1. The van der Waals surface area contributed by atoms with Crippen molar-refractivity contribution >= 4 is 35.1 Å². The van der Waals surface area contributed by atoms with E-state index in [1.807, 2.05) is 63.2 Å². The Bertz CT molecular complexity index is 1830. The van der Waals surface area contributed by atoms with E-state index in [4.69, 9.17) is 4.74 Å². The van der Waals surface area contributed by atoms with Gasteiger partial charge in [0.05, 0.1) is 23.4 Å². The molecule has 2 bridgehead atoms. The maximum atomic E-state index is 14.2. The van der Waals surface area contributed by atoms with Crippen molar-refractivity contribution in [3.05, 3.63) is 124 Å². The lowest BCUT2D eigenvalue weighted by Crippen LogP contribution is -2.41. The predicted octanol–water partition coefficient (Wildman–Crippen LogP) is 5.97. The molecule has 0 aromatic heterocycles.